The Morgan fingerprint density at radius 1 is 1.26 bits per heavy atom. The van der Waals surface area contributed by atoms with Crippen LogP contribution in [0.5, 0.6) is 0 Å². The predicted molar refractivity (Wildman–Crippen MR) is 89.6 cm³/mol. The van der Waals surface area contributed by atoms with E-state index in [0.717, 1.165) is 0 Å². The van der Waals surface area contributed by atoms with Crippen molar-refractivity contribution < 1.29 is 31.6 Å². The van der Waals surface area contributed by atoms with Gasteiger partial charge in [-0.15, -0.1) is 4.28 Å². The SMILES string of the molecule is CC(=O)N1CC[C@H](C(=O)NC(=N)[C@@H]2CC[C@@H]3CN2C(=O)N3OS(=O)(=O)O)C1. The van der Waals surface area contributed by atoms with Gasteiger partial charge in [-0.2, -0.15) is 13.5 Å². The van der Waals surface area contributed by atoms with Gasteiger partial charge in [0.2, 0.25) is 11.8 Å². The molecule has 0 unspecified atom stereocenters. The third-order valence-electron chi connectivity index (χ3n) is 5.09. The van der Waals surface area contributed by atoms with Gasteiger partial charge in [0.05, 0.1) is 18.0 Å². The molecule has 0 spiro atoms. The molecule has 3 fully saturated rings. The van der Waals surface area contributed by atoms with Crippen LogP contribution in [0.1, 0.15) is 26.2 Å². The number of urea groups is 1. The molecule has 3 rings (SSSR count). The zero-order valence-electron chi connectivity index (χ0n) is 14.6. The van der Waals surface area contributed by atoms with Crippen LogP contribution < -0.4 is 5.32 Å². The van der Waals surface area contributed by atoms with E-state index in [4.69, 9.17) is 9.96 Å². The Morgan fingerprint density at radius 2 is 1.96 bits per heavy atom. The molecular weight excluding hydrogens is 382 g/mol. The summed E-state index contributed by atoms with van der Waals surface area (Å²) in [6.07, 6.45) is 1.19. The topological polar surface area (TPSA) is 160 Å². The normalized spacial score (nSPS) is 27.9. The number of hydrogen-bond acceptors (Lipinski definition) is 7. The van der Waals surface area contributed by atoms with E-state index in [1.807, 2.05) is 0 Å². The lowest BCUT2D eigenvalue weighted by atomic mass is 9.99. The van der Waals surface area contributed by atoms with Crippen molar-refractivity contribution >= 4 is 34.1 Å². The molecule has 12 nitrogen and oxygen atoms in total. The third kappa shape index (κ3) is 4.04. The number of nitrogens with one attached hydrogen (secondary N) is 2. The van der Waals surface area contributed by atoms with E-state index in [1.165, 1.54) is 11.8 Å². The quantitative estimate of drug-likeness (QED) is 0.307. The Morgan fingerprint density at radius 3 is 2.56 bits per heavy atom. The number of hydroxylamine groups is 2. The van der Waals surface area contributed by atoms with E-state index < -0.39 is 34.4 Å². The highest BCUT2D eigenvalue weighted by Gasteiger charge is 2.48. The van der Waals surface area contributed by atoms with Gasteiger partial charge in [0.15, 0.2) is 0 Å². The second kappa shape index (κ2) is 7.05. The first-order valence-corrected chi connectivity index (χ1v) is 9.85. The van der Waals surface area contributed by atoms with Crippen LogP contribution in [0.3, 0.4) is 0 Å². The van der Waals surface area contributed by atoms with Gasteiger partial charge in [0.25, 0.3) is 0 Å². The first kappa shape index (κ1) is 19.5. The van der Waals surface area contributed by atoms with Crippen LogP contribution in [0.2, 0.25) is 0 Å². The molecule has 0 radical (unpaired) electrons. The minimum atomic E-state index is -4.84. The summed E-state index contributed by atoms with van der Waals surface area (Å²) in [6.45, 7) is 2.33. The molecule has 0 saturated carbocycles. The van der Waals surface area contributed by atoms with Crippen LogP contribution >= 0.6 is 0 Å². The molecule has 27 heavy (non-hydrogen) atoms. The number of piperidine rings is 1. The van der Waals surface area contributed by atoms with E-state index in [1.54, 1.807) is 4.90 Å². The van der Waals surface area contributed by atoms with Crippen molar-refractivity contribution in [3.63, 3.8) is 0 Å². The van der Waals surface area contributed by atoms with E-state index in [-0.39, 0.29) is 24.2 Å². The molecule has 0 aromatic rings. The molecule has 4 amide bonds. The van der Waals surface area contributed by atoms with Crippen molar-refractivity contribution in [2.45, 2.75) is 38.3 Å². The van der Waals surface area contributed by atoms with Gasteiger partial charge in [-0.3, -0.25) is 19.6 Å². The molecule has 150 valence electrons. The first-order chi connectivity index (χ1) is 12.6. The Bertz CT molecular complexity index is 785. The van der Waals surface area contributed by atoms with Crippen molar-refractivity contribution in [2.24, 2.45) is 5.92 Å². The van der Waals surface area contributed by atoms with Crippen LogP contribution in [0, 0.1) is 11.3 Å². The number of amidine groups is 1. The smallest absolute Gasteiger partial charge is 0.342 e. The fourth-order valence-electron chi connectivity index (χ4n) is 3.71. The molecule has 13 heteroatoms. The summed E-state index contributed by atoms with van der Waals surface area (Å²) in [5.41, 5.74) is 0. The largest absolute Gasteiger partial charge is 0.418 e. The maximum Gasteiger partial charge on any atom is 0.418 e. The lowest BCUT2D eigenvalue weighted by molar-refractivity contribution is -0.128. The number of hydrogen-bond donors (Lipinski definition) is 3. The van der Waals surface area contributed by atoms with Crippen LogP contribution in [-0.4, -0.2) is 83.2 Å². The number of likely N-dealkylation sites (tertiary alicyclic amines) is 1. The summed E-state index contributed by atoms with van der Waals surface area (Å²) < 4.78 is 34.9. The van der Waals surface area contributed by atoms with Crippen LogP contribution in [-0.2, 0) is 24.3 Å². The number of fused-ring (bicyclic) bond motifs is 2. The molecule has 3 aliphatic heterocycles. The van der Waals surface area contributed by atoms with Crippen molar-refractivity contribution in [1.82, 2.24) is 20.2 Å². The lowest BCUT2D eigenvalue weighted by Gasteiger charge is -2.31. The first-order valence-electron chi connectivity index (χ1n) is 8.48. The van der Waals surface area contributed by atoms with Gasteiger partial charge in [-0.05, 0) is 19.3 Å². The van der Waals surface area contributed by atoms with Gasteiger partial charge >= 0.3 is 16.4 Å². The molecule has 2 bridgehead atoms. The minimum Gasteiger partial charge on any atom is -0.342 e. The van der Waals surface area contributed by atoms with Crippen molar-refractivity contribution in [1.29, 1.82) is 5.41 Å². The summed E-state index contributed by atoms with van der Waals surface area (Å²) >= 11 is 0. The van der Waals surface area contributed by atoms with E-state index in [2.05, 4.69) is 9.60 Å². The van der Waals surface area contributed by atoms with Crippen molar-refractivity contribution in [3.05, 3.63) is 0 Å². The zero-order chi connectivity index (χ0) is 19.9. The number of carbonyl (C=O) groups is 3. The molecule has 3 aliphatic rings. The highest BCUT2D eigenvalue weighted by atomic mass is 32.3. The maximum atomic E-state index is 12.4. The summed E-state index contributed by atoms with van der Waals surface area (Å²) in [7, 11) is -4.84. The second-order valence-corrected chi connectivity index (χ2v) is 7.87. The van der Waals surface area contributed by atoms with Gasteiger partial charge in [0, 0.05) is 26.6 Å². The van der Waals surface area contributed by atoms with Gasteiger partial charge in [0.1, 0.15) is 5.84 Å². The van der Waals surface area contributed by atoms with Gasteiger partial charge in [-0.25, -0.2) is 4.79 Å². The molecule has 3 heterocycles. The molecule has 0 aliphatic carbocycles. The highest BCUT2D eigenvalue weighted by Crippen LogP contribution is 2.31. The fraction of sp³-hybridized carbons (Fsp3) is 0.714. The van der Waals surface area contributed by atoms with E-state index >= 15 is 0 Å². The predicted octanol–water partition coefficient (Wildman–Crippen LogP) is -1.05. The Kier molecular flexibility index (Phi) is 5.10. The average molecular weight is 403 g/mol. The Balaban J connectivity index is 1.61. The van der Waals surface area contributed by atoms with Crippen LogP contribution in [0.25, 0.3) is 0 Å². The van der Waals surface area contributed by atoms with Gasteiger partial charge < -0.3 is 15.1 Å². The standard InChI is InChI=1S/C14H21N5O7S/c1-8(20)17-5-4-9(6-17)13(21)16-12(15)11-3-2-10-7-18(11)14(22)19(10)26-27(23,24)25/h9-11H,2-7H2,1H3,(H2,15,16,21)(H,23,24,25)/t9-,10+,11-/m0/s1. The Hall–Kier alpha value is -2.25. The molecule has 0 aromatic heterocycles. The number of rotatable bonds is 4. The third-order valence-corrected chi connectivity index (χ3v) is 5.44. The number of carbonyl (C=O) groups excluding carboxylic acids is 3. The number of amides is 4. The Labute approximate surface area is 155 Å². The van der Waals surface area contributed by atoms with Crippen LogP contribution in [0.4, 0.5) is 4.79 Å². The molecular formula is C14H21N5O7S. The lowest BCUT2D eigenvalue weighted by Crippen LogP contribution is -2.51. The molecule has 3 atom stereocenters. The zero-order valence-corrected chi connectivity index (χ0v) is 15.4. The number of nitrogens with zero attached hydrogens (tertiary/aromatic N) is 3. The maximum absolute atomic E-state index is 12.4. The fourth-order valence-corrected chi connectivity index (χ4v) is 4.10. The van der Waals surface area contributed by atoms with Crippen LogP contribution in [0.15, 0.2) is 0 Å². The monoisotopic (exact) mass is 403 g/mol. The van der Waals surface area contributed by atoms with E-state index in [0.29, 0.717) is 37.4 Å². The van der Waals surface area contributed by atoms with Crippen molar-refractivity contribution in [3.8, 4) is 0 Å². The van der Waals surface area contributed by atoms with E-state index in [9.17, 15) is 22.8 Å². The molecule has 3 saturated heterocycles. The summed E-state index contributed by atoms with van der Waals surface area (Å²) in [5, 5.41) is 11.3. The molecule has 0 aromatic carbocycles. The summed E-state index contributed by atoms with van der Waals surface area (Å²) in [4.78, 5) is 38.9. The summed E-state index contributed by atoms with van der Waals surface area (Å²) in [6, 6.07) is -2.07. The van der Waals surface area contributed by atoms with Crippen molar-refractivity contribution in [2.75, 3.05) is 19.6 Å². The average Bonchev–Trinajstić information content (AvgIpc) is 3.15. The summed E-state index contributed by atoms with van der Waals surface area (Å²) in [5.74, 6) is -1.08. The second-order valence-electron chi connectivity index (χ2n) is 6.86. The highest BCUT2D eigenvalue weighted by molar-refractivity contribution is 7.80. The minimum absolute atomic E-state index is 0.111. The van der Waals surface area contributed by atoms with Gasteiger partial charge in [-0.1, -0.05) is 0 Å². The molecule has 3 N–H and O–H groups in total.